The van der Waals surface area contributed by atoms with Crippen LogP contribution in [0.15, 0.2) is 23.1 Å². The molecule has 0 bridgehead atoms. The number of ether oxygens (including phenoxy) is 1. The van der Waals surface area contributed by atoms with E-state index >= 15 is 0 Å². The molecule has 0 radical (unpaired) electrons. The van der Waals surface area contributed by atoms with Gasteiger partial charge in [-0.1, -0.05) is 17.7 Å². The van der Waals surface area contributed by atoms with Crippen LogP contribution in [0.4, 0.5) is 0 Å². The van der Waals surface area contributed by atoms with E-state index in [4.69, 9.17) is 22.1 Å². The number of hydrogen-bond donors (Lipinski definition) is 1. The minimum atomic E-state index is -3.54. The maximum absolute atomic E-state index is 12.5. The van der Waals surface area contributed by atoms with Crippen molar-refractivity contribution in [1.82, 2.24) is 4.31 Å². The molecular formula is C11H15ClN2O3S. The lowest BCUT2D eigenvalue weighted by Crippen LogP contribution is -2.41. The van der Waals surface area contributed by atoms with Crippen LogP contribution in [0.5, 0.6) is 0 Å². The lowest BCUT2D eigenvalue weighted by Gasteiger charge is -2.26. The zero-order valence-corrected chi connectivity index (χ0v) is 11.4. The van der Waals surface area contributed by atoms with Crippen molar-refractivity contribution in [1.29, 1.82) is 0 Å². The first-order valence-electron chi connectivity index (χ1n) is 5.62. The summed E-state index contributed by atoms with van der Waals surface area (Å²) in [6.07, 6.45) is 0. The Kier molecular flexibility index (Phi) is 4.24. The van der Waals surface area contributed by atoms with Crippen molar-refractivity contribution in [2.45, 2.75) is 11.4 Å². The summed E-state index contributed by atoms with van der Waals surface area (Å²) < 4.78 is 31.5. The topological polar surface area (TPSA) is 72.6 Å². The van der Waals surface area contributed by atoms with E-state index in [1.165, 1.54) is 10.4 Å². The minimum absolute atomic E-state index is 0.163. The van der Waals surface area contributed by atoms with Gasteiger partial charge in [-0.15, -0.1) is 0 Å². The monoisotopic (exact) mass is 290 g/mol. The van der Waals surface area contributed by atoms with Crippen molar-refractivity contribution in [2.24, 2.45) is 5.73 Å². The van der Waals surface area contributed by atoms with Crippen LogP contribution in [-0.2, 0) is 21.3 Å². The summed E-state index contributed by atoms with van der Waals surface area (Å²) >= 11 is 5.87. The van der Waals surface area contributed by atoms with Gasteiger partial charge in [0.25, 0.3) is 0 Å². The number of hydrogen-bond acceptors (Lipinski definition) is 4. The summed E-state index contributed by atoms with van der Waals surface area (Å²) in [6.45, 7) is 1.71. The highest BCUT2D eigenvalue weighted by Crippen LogP contribution is 2.24. The van der Waals surface area contributed by atoms with Gasteiger partial charge in [-0.05, 0) is 17.7 Å². The standard InChI is InChI=1S/C11H15ClN2O3S/c12-10-2-1-9(8-13)11(7-10)18(15,16)14-3-5-17-6-4-14/h1-2,7H,3-6,8,13H2. The highest BCUT2D eigenvalue weighted by atomic mass is 35.5. The molecule has 0 aromatic heterocycles. The fourth-order valence-electron chi connectivity index (χ4n) is 1.86. The molecule has 0 unspecified atom stereocenters. The third-order valence-electron chi connectivity index (χ3n) is 2.84. The second kappa shape index (κ2) is 5.54. The smallest absolute Gasteiger partial charge is 0.243 e. The molecule has 7 heteroatoms. The predicted octanol–water partition coefficient (Wildman–Crippen LogP) is 0.820. The van der Waals surface area contributed by atoms with E-state index in [-0.39, 0.29) is 11.4 Å². The molecule has 2 N–H and O–H groups in total. The van der Waals surface area contributed by atoms with Crippen LogP contribution in [-0.4, -0.2) is 39.0 Å². The average Bonchev–Trinajstić information content (AvgIpc) is 2.39. The van der Waals surface area contributed by atoms with E-state index in [0.29, 0.717) is 36.9 Å². The van der Waals surface area contributed by atoms with Gasteiger partial charge in [0.1, 0.15) is 0 Å². The van der Waals surface area contributed by atoms with Crippen LogP contribution in [0.1, 0.15) is 5.56 Å². The fourth-order valence-corrected chi connectivity index (χ4v) is 3.77. The number of nitrogens with two attached hydrogens (primary N) is 1. The summed E-state index contributed by atoms with van der Waals surface area (Å²) in [7, 11) is -3.54. The van der Waals surface area contributed by atoms with Crippen molar-refractivity contribution < 1.29 is 13.2 Å². The molecule has 1 aliphatic heterocycles. The quantitative estimate of drug-likeness (QED) is 0.894. The van der Waals surface area contributed by atoms with Crippen LogP contribution in [0, 0.1) is 0 Å². The van der Waals surface area contributed by atoms with Gasteiger partial charge < -0.3 is 10.5 Å². The molecule has 1 aromatic carbocycles. The Bertz CT molecular complexity index is 527. The normalized spacial score (nSPS) is 17.9. The number of benzene rings is 1. The highest BCUT2D eigenvalue weighted by Gasteiger charge is 2.28. The molecule has 0 amide bonds. The first-order chi connectivity index (χ1) is 8.55. The molecule has 1 heterocycles. The number of rotatable bonds is 3. The lowest BCUT2D eigenvalue weighted by atomic mass is 10.2. The summed E-state index contributed by atoms with van der Waals surface area (Å²) in [6, 6.07) is 4.74. The molecule has 0 saturated carbocycles. The summed E-state index contributed by atoms with van der Waals surface area (Å²) in [5, 5.41) is 0.388. The van der Waals surface area contributed by atoms with Crippen LogP contribution >= 0.6 is 11.6 Å². The molecule has 0 atom stereocenters. The molecule has 1 saturated heterocycles. The second-order valence-electron chi connectivity index (χ2n) is 3.97. The Morgan fingerprint density at radius 3 is 2.61 bits per heavy atom. The Labute approximate surface area is 112 Å². The van der Waals surface area contributed by atoms with Crippen molar-refractivity contribution in [2.75, 3.05) is 26.3 Å². The van der Waals surface area contributed by atoms with Gasteiger partial charge in [-0.2, -0.15) is 4.31 Å². The first-order valence-corrected chi connectivity index (χ1v) is 7.44. The van der Waals surface area contributed by atoms with E-state index in [9.17, 15) is 8.42 Å². The maximum Gasteiger partial charge on any atom is 0.243 e. The summed E-state index contributed by atoms with van der Waals surface area (Å²) in [5.41, 5.74) is 6.15. The highest BCUT2D eigenvalue weighted by molar-refractivity contribution is 7.89. The van der Waals surface area contributed by atoms with E-state index in [2.05, 4.69) is 0 Å². The van der Waals surface area contributed by atoms with Crippen molar-refractivity contribution in [3.63, 3.8) is 0 Å². The molecular weight excluding hydrogens is 276 g/mol. The first kappa shape index (κ1) is 13.8. The van der Waals surface area contributed by atoms with Gasteiger partial charge in [-0.3, -0.25) is 0 Å². The summed E-state index contributed by atoms with van der Waals surface area (Å²) in [4.78, 5) is 0.194. The Morgan fingerprint density at radius 2 is 2.00 bits per heavy atom. The van der Waals surface area contributed by atoms with E-state index in [1.54, 1.807) is 12.1 Å². The van der Waals surface area contributed by atoms with Crippen molar-refractivity contribution in [3.8, 4) is 0 Å². The molecule has 1 aromatic rings. The zero-order chi connectivity index (χ0) is 13.2. The molecule has 0 aliphatic carbocycles. The van der Waals surface area contributed by atoms with Crippen molar-refractivity contribution in [3.05, 3.63) is 28.8 Å². The minimum Gasteiger partial charge on any atom is -0.379 e. The summed E-state index contributed by atoms with van der Waals surface area (Å²) in [5.74, 6) is 0. The third-order valence-corrected chi connectivity index (χ3v) is 5.05. The molecule has 2 rings (SSSR count). The van der Waals surface area contributed by atoms with Gasteiger partial charge in [0.05, 0.1) is 18.1 Å². The largest absolute Gasteiger partial charge is 0.379 e. The van der Waals surface area contributed by atoms with Crippen LogP contribution in [0.3, 0.4) is 0 Å². The van der Waals surface area contributed by atoms with Gasteiger partial charge >= 0.3 is 0 Å². The number of sulfonamides is 1. The lowest BCUT2D eigenvalue weighted by molar-refractivity contribution is 0.0730. The van der Waals surface area contributed by atoms with E-state index < -0.39 is 10.0 Å². The van der Waals surface area contributed by atoms with Crippen molar-refractivity contribution >= 4 is 21.6 Å². The number of morpholine rings is 1. The van der Waals surface area contributed by atoms with Gasteiger partial charge in [0.15, 0.2) is 0 Å². The van der Waals surface area contributed by atoms with Crippen LogP contribution < -0.4 is 5.73 Å². The molecule has 1 aliphatic rings. The molecule has 100 valence electrons. The third kappa shape index (κ3) is 2.67. The SMILES string of the molecule is NCc1ccc(Cl)cc1S(=O)(=O)N1CCOCC1. The average molecular weight is 291 g/mol. The number of nitrogens with zero attached hydrogens (tertiary/aromatic N) is 1. The van der Waals surface area contributed by atoms with E-state index in [0.717, 1.165) is 0 Å². The van der Waals surface area contributed by atoms with Crippen LogP contribution in [0.2, 0.25) is 5.02 Å². The molecule has 1 fully saturated rings. The molecule has 0 spiro atoms. The Morgan fingerprint density at radius 1 is 1.33 bits per heavy atom. The van der Waals surface area contributed by atoms with Gasteiger partial charge in [0.2, 0.25) is 10.0 Å². The van der Waals surface area contributed by atoms with Crippen LogP contribution in [0.25, 0.3) is 0 Å². The number of halogens is 1. The van der Waals surface area contributed by atoms with Gasteiger partial charge in [0, 0.05) is 24.7 Å². The zero-order valence-electron chi connectivity index (χ0n) is 9.80. The predicted molar refractivity (Wildman–Crippen MR) is 68.9 cm³/mol. The molecule has 18 heavy (non-hydrogen) atoms. The molecule has 5 nitrogen and oxygen atoms in total. The maximum atomic E-state index is 12.5. The van der Waals surface area contributed by atoms with Gasteiger partial charge in [-0.25, -0.2) is 8.42 Å². The fraction of sp³-hybridized carbons (Fsp3) is 0.455. The van der Waals surface area contributed by atoms with E-state index in [1.807, 2.05) is 0 Å². The second-order valence-corrected chi connectivity index (χ2v) is 6.32. The Balaban J connectivity index is 2.42. The Hall–Kier alpha value is -0.660.